The number of rotatable bonds is 5. The van der Waals surface area contributed by atoms with Crippen LogP contribution in [0.3, 0.4) is 0 Å². The van der Waals surface area contributed by atoms with Gasteiger partial charge in [0.1, 0.15) is 12.4 Å². The predicted molar refractivity (Wildman–Crippen MR) is 110 cm³/mol. The number of nitrogens with one attached hydrogen (secondary N) is 1. The van der Waals surface area contributed by atoms with Crippen LogP contribution in [-0.4, -0.2) is 55.2 Å². The first kappa shape index (κ1) is 20.1. The molecular formula is C19H20Cl3N3O2. The van der Waals surface area contributed by atoms with Crippen molar-refractivity contribution in [1.82, 2.24) is 9.80 Å². The minimum absolute atomic E-state index is 0.134. The van der Waals surface area contributed by atoms with Crippen LogP contribution < -0.4 is 10.1 Å². The van der Waals surface area contributed by atoms with Gasteiger partial charge in [-0.05, 0) is 42.5 Å². The fraction of sp³-hybridized carbons (Fsp3) is 0.316. The highest BCUT2D eigenvalue weighted by Gasteiger charge is 2.21. The first-order chi connectivity index (χ1) is 13.0. The Bertz CT molecular complexity index is 778. The predicted octanol–water partition coefficient (Wildman–Crippen LogP) is 4.88. The highest BCUT2D eigenvalue weighted by Crippen LogP contribution is 2.25. The van der Waals surface area contributed by atoms with Gasteiger partial charge in [0, 0.05) is 43.4 Å². The smallest absolute Gasteiger partial charge is 0.321 e. The molecule has 0 aromatic heterocycles. The standard InChI is InChI=1S/C19H20Cl3N3O2/c20-14-1-4-16(5-2-14)27-12-11-24-7-9-25(10-8-24)19(26)23-15-3-6-17(21)18(22)13-15/h1-6,13H,7-12H2,(H,23,26). The monoisotopic (exact) mass is 427 g/mol. The number of hydrogen-bond acceptors (Lipinski definition) is 3. The van der Waals surface area contributed by atoms with Crippen molar-refractivity contribution >= 4 is 46.5 Å². The third-order valence-electron chi connectivity index (χ3n) is 4.32. The van der Waals surface area contributed by atoms with Gasteiger partial charge in [-0.3, -0.25) is 4.90 Å². The summed E-state index contributed by atoms with van der Waals surface area (Å²) in [6.07, 6.45) is 0. The van der Waals surface area contributed by atoms with E-state index in [2.05, 4.69) is 10.2 Å². The Hall–Kier alpha value is -1.66. The first-order valence-corrected chi connectivity index (χ1v) is 9.76. The van der Waals surface area contributed by atoms with Crippen molar-refractivity contribution in [2.45, 2.75) is 0 Å². The summed E-state index contributed by atoms with van der Waals surface area (Å²) in [7, 11) is 0. The van der Waals surface area contributed by atoms with Crippen LogP contribution in [0.25, 0.3) is 0 Å². The number of halogens is 3. The van der Waals surface area contributed by atoms with Crippen LogP contribution in [-0.2, 0) is 0 Å². The lowest BCUT2D eigenvalue weighted by molar-refractivity contribution is 0.132. The van der Waals surface area contributed by atoms with Crippen molar-refractivity contribution < 1.29 is 9.53 Å². The number of carbonyl (C=O) groups is 1. The molecule has 0 spiro atoms. The van der Waals surface area contributed by atoms with Crippen LogP contribution in [0, 0.1) is 0 Å². The van der Waals surface area contributed by atoms with E-state index in [9.17, 15) is 4.79 Å². The highest BCUT2D eigenvalue weighted by molar-refractivity contribution is 6.42. The minimum Gasteiger partial charge on any atom is -0.492 e. The summed E-state index contributed by atoms with van der Waals surface area (Å²) in [5.74, 6) is 0.805. The number of ether oxygens (including phenoxy) is 1. The number of nitrogens with zero attached hydrogens (tertiary/aromatic N) is 2. The minimum atomic E-state index is -0.134. The Balaban J connectivity index is 1.39. The molecule has 1 heterocycles. The second-order valence-electron chi connectivity index (χ2n) is 6.19. The number of anilines is 1. The Kier molecular flexibility index (Phi) is 7.07. The Morgan fingerprint density at radius 2 is 1.67 bits per heavy atom. The molecule has 8 heteroatoms. The van der Waals surface area contributed by atoms with Crippen molar-refractivity contribution in [1.29, 1.82) is 0 Å². The van der Waals surface area contributed by atoms with Crippen LogP contribution in [0.2, 0.25) is 15.1 Å². The maximum absolute atomic E-state index is 12.4. The van der Waals surface area contributed by atoms with E-state index in [1.165, 1.54) is 0 Å². The van der Waals surface area contributed by atoms with Crippen molar-refractivity contribution in [3.63, 3.8) is 0 Å². The quantitative estimate of drug-likeness (QED) is 0.738. The molecular weight excluding hydrogens is 409 g/mol. The number of hydrogen-bond donors (Lipinski definition) is 1. The Morgan fingerprint density at radius 1 is 0.963 bits per heavy atom. The largest absolute Gasteiger partial charge is 0.492 e. The van der Waals surface area contributed by atoms with E-state index in [-0.39, 0.29) is 6.03 Å². The van der Waals surface area contributed by atoms with Gasteiger partial charge < -0.3 is 15.0 Å². The zero-order chi connectivity index (χ0) is 19.2. The lowest BCUT2D eigenvalue weighted by Gasteiger charge is -2.34. The molecule has 2 aromatic rings. The summed E-state index contributed by atoms with van der Waals surface area (Å²) in [5.41, 5.74) is 0.633. The van der Waals surface area contributed by atoms with Crippen LogP contribution in [0.15, 0.2) is 42.5 Å². The number of piperazine rings is 1. The molecule has 0 bridgehead atoms. The summed E-state index contributed by atoms with van der Waals surface area (Å²) in [4.78, 5) is 16.4. The second kappa shape index (κ2) is 9.51. The van der Waals surface area contributed by atoms with Gasteiger partial charge in [0.2, 0.25) is 0 Å². The van der Waals surface area contributed by atoms with Gasteiger partial charge in [0.25, 0.3) is 0 Å². The molecule has 0 atom stereocenters. The van der Waals surface area contributed by atoms with Crippen molar-refractivity contribution in [3.05, 3.63) is 57.5 Å². The van der Waals surface area contributed by atoms with Gasteiger partial charge in [-0.2, -0.15) is 0 Å². The molecule has 144 valence electrons. The van der Waals surface area contributed by atoms with E-state index in [1.807, 2.05) is 24.3 Å². The summed E-state index contributed by atoms with van der Waals surface area (Å²) in [5, 5.41) is 4.42. The lowest BCUT2D eigenvalue weighted by atomic mass is 10.3. The normalized spacial score (nSPS) is 14.9. The fourth-order valence-corrected chi connectivity index (χ4v) is 3.20. The maximum Gasteiger partial charge on any atom is 0.321 e. The SMILES string of the molecule is O=C(Nc1ccc(Cl)c(Cl)c1)N1CCN(CCOc2ccc(Cl)cc2)CC1. The molecule has 1 fully saturated rings. The number of carbonyl (C=O) groups excluding carboxylic acids is 1. The summed E-state index contributed by atoms with van der Waals surface area (Å²) in [6, 6.07) is 12.2. The third kappa shape index (κ3) is 5.91. The average molecular weight is 429 g/mol. The summed E-state index contributed by atoms with van der Waals surface area (Å²) >= 11 is 17.7. The van der Waals surface area contributed by atoms with Gasteiger partial charge in [0.05, 0.1) is 10.0 Å². The van der Waals surface area contributed by atoms with Gasteiger partial charge >= 0.3 is 6.03 Å². The van der Waals surface area contributed by atoms with Crippen molar-refractivity contribution in [2.75, 3.05) is 44.6 Å². The molecule has 1 N–H and O–H groups in total. The van der Waals surface area contributed by atoms with Crippen LogP contribution in [0.4, 0.5) is 10.5 Å². The van der Waals surface area contributed by atoms with E-state index >= 15 is 0 Å². The number of amides is 2. The molecule has 2 amide bonds. The molecule has 0 aliphatic carbocycles. The average Bonchev–Trinajstić information content (AvgIpc) is 2.67. The van der Waals surface area contributed by atoms with Gasteiger partial charge in [-0.15, -0.1) is 0 Å². The van der Waals surface area contributed by atoms with Crippen LogP contribution in [0.5, 0.6) is 5.75 Å². The molecule has 2 aromatic carbocycles. The maximum atomic E-state index is 12.4. The zero-order valence-corrected chi connectivity index (χ0v) is 16.9. The van der Waals surface area contributed by atoms with E-state index in [0.29, 0.717) is 40.5 Å². The highest BCUT2D eigenvalue weighted by atomic mass is 35.5. The summed E-state index contributed by atoms with van der Waals surface area (Å²) in [6.45, 7) is 4.34. The number of benzene rings is 2. The lowest BCUT2D eigenvalue weighted by Crippen LogP contribution is -2.50. The molecule has 27 heavy (non-hydrogen) atoms. The van der Waals surface area contributed by atoms with Gasteiger partial charge in [-0.25, -0.2) is 4.79 Å². The summed E-state index contributed by atoms with van der Waals surface area (Å²) < 4.78 is 5.72. The zero-order valence-electron chi connectivity index (χ0n) is 14.6. The van der Waals surface area contributed by atoms with Crippen molar-refractivity contribution in [3.8, 4) is 5.75 Å². The third-order valence-corrected chi connectivity index (χ3v) is 5.31. The van der Waals surface area contributed by atoms with Gasteiger partial charge in [0.15, 0.2) is 0 Å². The van der Waals surface area contributed by atoms with Gasteiger partial charge in [-0.1, -0.05) is 34.8 Å². The second-order valence-corrected chi connectivity index (χ2v) is 7.44. The van der Waals surface area contributed by atoms with E-state index < -0.39 is 0 Å². The first-order valence-electron chi connectivity index (χ1n) is 8.63. The molecule has 1 aliphatic rings. The topological polar surface area (TPSA) is 44.8 Å². The molecule has 0 radical (unpaired) electrons. The van der Waals surface area contributed by atoms with Crippen molar-refractivity contribution in [2.24, 2.45) is 0 Å². The van der Waals surface area contributed by atoms with Crippen LogP contribution in [0.1, 0.15) is 0 Å². The van der Waals surface area contributed by atoms with E-state index in [1.54, 1.807) is 23.1 Å². The van der Waals surface area contributed by atoms with E-state index in [0.717, 1.165) is 25.4 Å². The van der Waals surface area contributed by atoms with Crippen LogP contribution >= 0.6 is 34.8 Å². The molecule has 5 nitrogen and oxygen atoms in total. The fourth-order valence-electron chi connectivity index (χ4n) is 2.77. The molecule has 0 saturated carbocycles. The molecule has 3 rings (SSSR count). The number of urea groups is 1. The van der Waals surface area contributed by atoms with E-state index in [4.69, 9.17) is 39.5 Å². The molecule has 0 unspecified atom stereocenters. The Morgan fingerprint density at radius 3 is 2.33 bits per heavy atom. The molecule has 1 saturated heterocycles. The Labute approximate surface area is 173 Å². The molecule has 1 aliphatic heterocycles.